The summed E-state index contributed by atoms with van der Waals surface area (Å²) < 4.78 is 7.70. The number of aryl methyl sites for hydroxylation is 2. The molecule has 8 heteroatoms. The number of hydrogen-bond acceptors (Lipinski definition) is 6. The van der Waals surface area contributed by atoms with Gasteiger partial charge in [-0.3, -0.25) is 19.4 Å². The molecule has 0 radical (unpaired) electrons. The van der Waals surface area contributed by atoms with Crippen LogP contribution in [-0.2, 0) is 30.7 Å². The summed E-state index contributed by atoms with van der Waals surface area (Å²) in [6.07, 6.45) is 10.1. The zero-order chi connectivity index (χ0) is 24.2. The fourth-order valence-corrected chi connectivity index (χ4v) is 4.70. The van der Waals surface area contributed by atoms with Crippen LogP contribution in [0.5, 0.6) is 5.75 Å². The average molecular weight is 473 g/mol. The standard InChI is InChI=1S/C27H28N4O4/c32-17-18-11-20(15-28-14-18)26(13-27(33)34)31-25-8-7-23(12-21(25)16-29-31)35-10-9-22-6-5-19-3-1-2-4-24(19)30-22/h5-8,11-12,14-16,26,32H,1-4,9-10,13,17H2,(H,33,34)/t26-/m1/s1. The normalized spacial score (nSPS) is 14.0. The number of nitrogens with zero attached hydrogens (tertiary/aromatic N) is 4. The third kappa shape index (κ3) is 5.17. The Hall–Kier alpha value is -3.78. The van der Waals surface area contributed by atoms with Gasteiger partial charge in [0.1, 0.15) is 5.75 Å². The van der Waals surface area contributed by atoms with Crippen molar-refractivity contribution in [3.63, 3.8) is 0 Å². The molecule has 1 aliphatic rings. The van der Waals surface area contributed by atoms with Crippen molar-refractivity contribution in [1.82, 2.24) is 19.7 Å². The number of carboxylic acid groups (broad SMARTS) is 1. The van der Waals surface area contributed by atoms with Crippen molar-refractivity contribution >= 4 is 16.9 Å². The van der Waals surface area contributed by atoms with E-state index in [0.717, 1.165) is 41.6 Å². The van der Waals surface area contributed by atoms with E-state index in [0.29, 0.717) is 17.7 Å². The zero-order valence-electron chi connectivity index (χ0n) is 19.4. The van der Waals surface area contributed by atoms with E-state index in [9.17, 15) is 15.0 Å². The van der Waals surface area contributed by atoms with Crippen LogP contribution in [0.25, 0.3) is 10.9 Å². The Morgan fingerprint density at radius 1 is 1.09 bits per heavy atom. The summed E-state index contributed by atoms with van der Waals surface area (Å²) >= 11 is 0. The summed E-state index contributed by atoms with van der Waals surface area (Å²) in [6.45, 7) is 0.356. The van der Waals surface area contributed by atoms with Crippen molar-refractivity contribution in [2.24, 2.45) is 0 Å². The maximum Gasteiger partial charge on any atom is 0.305 e. The molecule has 0 spiro atoms. The van der Waals surface area contributed by atoms with Crippen molar-refractivity contribution < 1.29 is 19.7 Å². The van der Waals surface area contributed by atoms with Crippen LogP contribution in [0, 0.1) is 0 Å². The number of rotatable bonds is 9. The highest BCUT2D eigenvalue weighted by Crippen LogP contribution is 2.29. The van der Waals surface area contributed by atoms with E-state index in [4.69, 9.17) is 9.72 Å². The highest BCUT2D eigenvalue weighted by Gasteiger charge is 2.21. The molecule has 2 N–H and O–H groups in total. The number of aliphatic hydroxyl groups is 1. The van der Waals surface area contributed by atoms with Gasteiger partial charge in [-0.15, -0.1) is 0 Å². The molecule has 4 aromatic rings. The second-order valence-corrected chi connectivity index (χ2v) is 8.92. The molecule has 1 aliphatic carbocycles. The molecule has 0 saturated carbocycles. The summed E-state index contributed by atoms with van der Waals surface area (Å²) in [7, 11) is 0. The van der Waals surface area contributed by atoms with Gasteiger partial charge in [0.05, 0.1) is 37.4 Å². The Balaban J connectivity index is 1.32. The molecule has 0 saturated heterocycles. The smallest absolute Gasteiger partial charge is 0.305 e. The van der Waals surface area contributed by atoms with E-state index in [1.165, 1.54) is 24.1 Å². The summed E-state index contributed by atoms with van der Waals surface area (Å²) in [6, 6.07) is 11.2. The van der Waals surface area contributed by atoms with Gasteiger partial charge in [-0.1, -0.05) is 6.07 Å². The second-order valence-electron chi connectivity index (χ2n) is 8.92. The fraction of sp³-hybridized carbons (Fsp3) is 0.333. The van der Waals surface area contributed by atoms with Crippen LogP contribution in [0.2, 0.25) is 0 Å². The molecule has 0 unspecified atom stereocenters. The van der Waals surface area contributed by atoms with Gasteiger partial charge >= 0.3 is 5.97 Å². The van der Waals surface area contributed by atoms with E-state index in [2.05, 4.69) is 22.2 Å². The van der Waals surface area contributed by atoms with Crippen LogP contribution in [0.4, 0.5) is 0 Å². The lowest BCUT2D eigenvalue weighted by Crippen LogP contribution is -2.17. The number of aliphatic carboxylic acids is 1. The molecule has 3 aromatic heterocycles. The van der Waals surface area contributed by atoms with Gasteiger partial charge in [0, 0.05) is 35.6 Å². The molecule has 35 heavy (non-hydrogen) atoms. The lowest BCUT2D eigenvalue weighted by atomic mass is 9.96. The van der Waals surface area contributed by atoms with E-state index in [1.807, 2.05) is 18.2 Å². The van der Waals surface area contributed by atoms with Crippen LogP contribution in [-0.4, -0.2) is 42.5 Å². The minimum absolute atomic E-state index is 0.153. The van der Waals surface area contributed by atoms with Crippen LogP contribution in [0.1, 0.15) is 53.4 Å². The van der Waals surface area contributed by atoms with E-state index < -0.39 is 12.0 Å². The number of benzene rings is 1. The number of fused-ring (bicyclic) bond motifs is 2. The zero-order valence-corrected chi connectivity index (χ0v) is 19.4. The highest BCUT2D eigenvalue weighted by molar-refractivity contribution is 5.81. The monoisotopic (exact) mass is 472 g/mol. The first-order valence-electron chi connectivity index (χ1n) is 11.9. The Morgan fingerprint density at radius 3 is 2.83 bits per heavy atom. The topological polar surface area (TPSA) is 110 Å². The molecule has 0 amide bonds. The minimum atomic E-state index is -0.941. The van der Waals surface area contributed by atoms with Crippen molar-refractivity contribution in [2.45, 2.75) is 51.2 Å². The van der Waals surface area contributed by atoms with Crippen LogP contribution < -0.4 is 4.74 Å². The van der Waals surface area contributed by atoms with Gasteiger partial charge in [-0.25, -0.2) is 0 Å². The van der Waals surface area contributed by atoms with E-state index >= 15 is 0 Å². The average Bonchev–Trinajstić information content (AvgIpc) is 3.30. The lowest BCUT2D eigenvalue weighted by Gasteiger charge is -2.18. The number of aromatic nitrogens is 4. The second kappa shape index (κ2) is 10.2. The fourth-order valence-electron chi connectivity index (χ4n) is 4.70. The molecule has 3 heterocycles. The first-order chi connectivity index (χ1) is 17.1. The van der Waals surface area contributed by atoms with E-state index in [1.54, 1.807) is 29.3 Å². The quantitative estimate of drug-likeness (QED) is 0.380. The summed E-state index contributed by atoms with van der Waals surface area (Å²) in [5.41, 5.74) is 5.77. The van der Waals surface area contributed by atoms with Crippen LogP contribution in [0.15, 0.2) is 55.0 Å². The molecule has 1 aromatic carbocycles. The number of pyridine rings is 2. The summed E-state index contributed by atoms with van der Waals surface area (Å²) in [5, 5.41) is 24.3. The first kappa shape index (κ1) is 23.0. The molecule has 0 fully saturated rings. The maximum atomic E-state index is 11.6. The molecule has 8 nitrogen and oxygen atoms in total. The summed E-state index contributed by atoms with van der Waals surface area (Å²) in [5.74, 6) is -0.211. The van der Waals surface area contributed by atoms with Crippen molar-refractivity contribution in [1.29, 1.82) is 0 Å². The van der Waals surface area contributed by atoms with Gasteiger partial charge in [-0.2, -0.15) is 5.10 Å². The molecule has 1 atom stereocenters. The van der Waals surface area contributed by atoms with Crippen LogP contribution >= 0.6 is 0 Å². The van der Waals surface area contributed by atoms with Gasteiger partial charge < -0.3 is 14.9 Å². The Kier molecular flexibility index (Phi) is 6.72. The first-order valence-corrected chi connectivity index (χ1v) is 11.9. The molecular formula is C27H28N4O4. The van der Waals surface area contributed by atoms with E-state index in [-0.39, 0.29) is 13.0 Å². The van der Waals surface area contributed by atoms with Crippen LogP contribution in [0.3, 0.4) is 0 Å². The SMILES string of the molecule is O=C(O)C[C@H](c1cncc(CO)c1)n1ncc2cc(OCCc3ccc4c(n3)CCCC4)ccc21. The molecule has 5 rings (SSSR count). The van der Waals surface area contributed by atoms with Gasteiger partial charge in [-0.05, 0) is 72.7 Å². The maximum absolute atomic E-state index is 11.6. The van der Waals surface area contributed by atoms with Crippen molar-refractivity contribution in [3.8, 4) is 5.75 Å². The predicted octanol–water partition coefficient (Wildman–Crippen LogP) is 3.88. The third-order valence-corrected chi connectivity index (χ3v) is 6.48. The number of aliphatic hydroxyl groups excluding tert-OH is 1. The molecular weight excluding hydrogens is 444 g/mol. The highest BCUT2D eigenvalue weighted by atomic mass is 16.5. The summed E-state index contributed by atoms with van der Waals surface area (Å²) in [4.78, 5) is 20.6. The molecule has 0 aliphatic heterocycles. The van der Waals surface area contributed by atoms with Crippen molar-refractivity contribution in [2.75, 3.05) is 6.61 Å². The Labute approximate surface area is 203 Å². The minimum Gasteiger partial charge on any atom is -0.493 e. The Morgan fingerprint density at radius 2 is 1.97 bits per heavy atom. The third-order valence-electron chi connectivity index (χ3n) is 6.48. The number of ether oxygens (including phenoxy) is 1. The lowest BCUT2D eigenvalue weighted by molar-refractivity contribution is -0.137. The van der Waals surface area contributed by atoms with Gasteiger partial charge in [0.25, 0.3) is 0 Å². The van der Waals surface area contributed by atoms with Gasteiger partial charge in [0.15, 0.2) is 0 Å². The molecule has 0 bridgehead atoms. The molecule has 180 valence electrons. The van der Waals surface area contributed by atoms with Crippen molar-refractivity contribution in [3.05, 3.63) is 83.1 Å². The largest absolute Gasteiger partial charge is 0.493 e. The van der Waals surface area contributed by atoms with Gasteiger partial charge in [0.2, 0.25) is 0 Å². The number of hydrogen-bond donors (Lipinski definition) is 2. The predicted molar refractivity (Wildman–Crippen MR) is 130 cm³/mol. The Bertz CT molecular complexity index is 1350. The number of carbonyl (C=O) groups is 1. The number of carboxylic acids is 1.